The lowest BCUT2D eigenvalue weighted by Gasteiger charge is -2.40. The van der Waals surface area contributed by atoms with Crippen molar-refractivity contribution in [2.45, 2.75) is 25.3 Å². The number of pyridine rings is 2. The summed E-state index contributed by atoms with van der Waals surface area (Å²) in [4.78, 5) is 28.2. The van der Waals surface area contributed by atoms with Crippen molar-refractivity contribution in [1.29, 1.82) is 5.26 Å². The van der Waals surface area contributed by atoms with Crippen molar-refractivity contribution < 1.29 is 9.53 Å². The average molecular weight is 503 g/mol. The van der Waals surface area contributed by atoms with Gasteiger partial charge >= 0.3 is 0 Å². The van der Waals surface area contributed by atoms with Gasteiger partial charge in [0.2, 0.25) is 0 Å². The molecular weight excluding hydrogens is 480 g/mol. The number of carbonyl (C=O) groups is 1. The number of ether oxygens (including phenoxy) is 1. The molecule has 0 aromatic carbocycles. The molecule has 0 radical (unpaired) electrons. The molecule has 0 atom stereocenters. The first kappa shape index (κ1) is 23.5. The Labute approximate surface area is 212 Å². The van der Waals surface area contributed by atoms with E-state index in [1.807, 2.05) is 13.0 Å². The number of nitrogens with zero attached hydrogens (tertiary/aromatic N) is 7. The number of halogens is 1. The van der Waals surface area contributed by atoms with Crippen LogP contribution >= 0.6 is 11.6 Å². The van der Waals surface area contributed by atoms with E-state index >= 15 is 0 Å². The van der Waals surface area contributed by atoms with Crippen LogP contribution in [0.25, 0.3) is 16.8 Å². The van der Waals surface area contributed by atoms with Gasteiger partial charge in [0.15, 0.2) is 0 Å². The number of carbonyl (C=O) groups excluding carboxylic acids is 1. The van der Waals surface area contributed by atoms with Crippen molar-refractivity contribution in [3.05, 3.63) is 65.5 Å². The predicted molar refractivity (Wildman–Crippen MR) is 134 cm³/mol. The molecule has 4 aromatic rings. The monoisotopic (exact) mass is 502 g/mol. The lowest BCUT2D eigenvalue weighted by Crippen LogP contribution is -2.53. The first-order chi connectivity index (χ1) is 17.4. The van der Waals surface area contributed by atoms with Gasteiger partial charge in [0.1, 0.15) is 23.3 Å². The van der Waals surface area contributed by atoms with Crippen LogP contribution in [0.15, 0.2) is 49.2 Å². The number of hydrogen-bond acceptors (Lipinski definition) is 8. The number of amides is 1. The van der Waals surface area contributed by atoms with E-state index in [1.54, 1.807) is 48.5 Å². The second-order valence-electron chi connectivity index (χ2n) is 8.85. The fraction of sp³-hybridized carbons (Fsp3) is 0.280. The Balaban J connectivity index is 1.31. The Kier molecular flexibility index (Phi) is 6.16. The number of piperidine rings is 1. The van der Waals surface area contributed by atoms with Crippen LogP contribution in [0, 0.1) is 11.3 Å². The van der Waals surface area contributed by atoms with Gasteiger partial charge in [0.25, 0.3) is 5.91 Å². The number of nitriles is 1. The zero-order chi connectivity index (χ0) is 25.3. The minimum absolute atomic E-state index is 0.230. The van der Waals surface area contributed by atoms with Crippen LogP contribution in [0.5, 0.6) is 5.75 Å². The molecule has 11 heteroatoms. The maximum atomic E-state index is 12.7. The molecule has 1 aliphatic rings. The highest BCUT2D eigenvalue weighted by Gasteiger charge is 2.33. The molecular formula is C25H23ClN8O2. The number of fused-ring (bicyclic) bond motifs is 1. The maximum absolute atomic E-state index is 12.7. The second kappa shape index (κ2) is 9.43. The summed E-state index contributed by atoms with van der Waals surface area (Å²) >= 11 is 6.13. The van der Waals surface area contributed by atoms with Crippen LogP contribution in [0.1, 0.15) is 35.8 Å². The van der Waals surface area contributed by atoms with E-state index in [2.05, 4.69) is 36.3 Å². The molecule has 1 saturated heterocycles. The van der Waals surface area contributed by atoms with Gasteiger partial charge in [-0.05, 0) is 38.0 Å². The Morgan fingerprint density at radius 2 is 2.03 bits per heavy atom. The third kappa shape index (κ3) is 4.41. The first-order valence-electron chi connectivity index (χ1n) is 11.4. The van der Waals surface area contributed by atoms with Gasteiger partial charge in [-0.25, -0.2) is 14.5 Å². The minimum Gasteiger partial charge on any atom is -0.495 e. The molecule has 5 heterocycles. The van der Waals surface area contributed by atoms with Crippen molar-refractivity contribution in [3.63, 3.8) is 0 Å². The number of aromatic nitrogens is 5. The second-order valence-corrected chi connectivity index (χ2v) is 9.26. The third-order valence-corrected chi connectivity index (χ3v) is 6.74. The maximum Gasteiger partial charge on any atom is 0.271 e. The van der Waals surface area contributed by atoms with Crippen molar-refractivity contribution in [2.75, 3.05) is 25.1 Å². The molecule has 0 bridgehead atoms. The van der Waals surface area contributed by atoms with Gasteiger partial charge in [-0.2, -0.15) is 10.4 Å². The summed E-state index contributed by atoms with van der Waals surface area (Å²) in [5, 5.41) is 17.2. The first-order valence-corrected chi connectivity index (χ1v) is 11.7. The number of anilines is 1. The number of hydrogen-bond donors (Lipinski definition) is 1. The highest BCUT2D eigenvalue weighted by Crippen LogP contribution is 2.31. The van der Waals surface area contributed by atoms with Crippen LogP contribution in [-0.2, 0) is 0 Å². The standard InChI is InChI=1S/C25H23ClN8O2/c1-25(32-24(35)22-19(26)4-3-7-28-22)5-8-33(9-6-25)21-14-29-20(13-30-21)18-10-17(36-2)15-34-23(18)16(11-27)12-31-34/h3-4,7,10,12-15H,5-6,8-9H2,1-2H3,(H,32,35). The van der Waals surface area contributed by atoms with Crippen LogP contribution in [0.2, 0.25) is 5.02 Å². The van der Waals surface area contributed by atoms with Gasteiger partial charge < -0.3 is 15.0 Å². The van der Waals surface area contributed by atoms with Crippen LogP contribution in [0.3, 0.4) is 0 Å². The van der Waals surface area contributed by atoms with Crippen molar-refractivity contribution in [1.82, 2.24) is 29.9 Å². The summed E-state index contributed by atoms with van der Waals surface area (Å²) in [6.07, 6.45) is 9.66. The highest BCUT2D eigenvalue weighted by atomic mass is 35.5. The number of rotatable bonds is 5. The zero-order valence-corrected chi connectivity index (χ0v) is 20.5. The fourth-order valence-corrected chi connectivity index (χ4v) is 4.56. The Bertz CT molecular complexity index is 1470. The summed E-state index contributed by atoms with van der Waals surface area (Å²) < 4.78 is 7.00. The van der Waals surface area contributed by atoms with E-state index in [9.17, 15) is 10.1 Å². The molecule has 5 rings (SSSR count). The summed E-state index contributed by atoms with van der Waals surface area (Å²) in [5.74, 6) is 1.06. The average Bonchev–Trinajstić information content (AvgIpc) is 3.32. The topological polar surface area (TPSA) is 121 Å². The SMILES string of the molecule is COc1cc(-c2cnc(N3CCC(C)(NC(=O)c4ncccc4Cl)CC3)cn2)c2c(C#N)cnn2c1. The largest absolute Gasteiger partial charge is 0.495 e. The normalized spacial score (nSPS) is 14.9. The summed E-state index contributed by atoms with van der Waals surface area (Å²) in [6.45, 7) is 3.43. The van der Waals surface area contributed by atoms with Crippen molar-refractivity contribution in [2.24, 2.45) is 0 Å². The molecule has 0 aliphatic carbocycles. The van der Waals surface area contributed by atoms with Crippen molar-refractivity contribution in [3.8, 4) is 23.1 Å². The summed E-state index contributed by atoms with van der Waals surface area (Å²) in [7, 11) is 1.58. The molecule has 0 saturated carbocycles. The Morgan fingerprint density at radius 1 is 1.22 bits per heavy atom. The van der Waals surface area contributed by atoms with E-state index in [-0.39, 0.29) is 17.1 Å². The molecule has 0 spiro atoms. The van der Waals surface area contributed by atoms with Crippen molar-refractivity contribution >= 4 is 28.8 Å². The lowest BCUT2D eigenvalue weighted by atomic mass is 9.89. The predicted octanol–water partition coefficient (Wildman–Crippen LogP) is 3.51. The molecule has 36 heavy (non-hydrogen) atoms. The number of nitrogens with one attached hydrogen (secondary N) is 1. The number of methoxy groups -OCH3 is 1. The third-order valence-electron chi connectivity index (χ3n) is 6.44. The zero-order valence-electron chi connectivity index (χ0n) is 19.8. The summed E-state index contributed by atoms with van der Waals surface area (Å²) in [5.41, 5.74) is 2.27. The molecule has 1 amide bonds. The van der Waals surface area contributed by atoms with E-state index in [1.165, 1.54) is 6.20 Å². The fourth-order valence-electron chi connectivity index (χ4n) is 4.35. The minimum atomic E-state index is -0.385. The van der Waals surface area contributed by atoms with E-state index in [0.717, 1.165) is 18.7 Å². The highest BCUT2D eigenvalue weighted by molar-refractivity contribution is 6.33. The molecule has 1 aliphatic heterocycles. The van der Waals surface area contributed by atoms with Crippen LogP contribution in [0.4, 0.5) is 5.82 Å². The van der Waals surface area contributed by atoms with Gasteiger partial charge in [-0.3, -0.25) is 9.78 Å². The Hall–Kier alpha value is -4.23. The summed E-state index contributed by atoms with van der Waals surface area (Å²) in [6, 6.07) is 7.35. The smallest absolute Gasteiger partial charge is 0.271 e. The molecule has 4 aromatic heterocycles. The molecule has 1 N–H and O–H groups in total. The van der Waals surface area contributed by atoms with Crippen LogP contribution < -0.4 is 15.0 Å². The quantitative estimate of drug-likeness (QED) is 0.440. The van der Waals surface area contributed by atoms with E-state index < -0.39 is 0 Å². The van der Waals surface area contributed by atoms with Gasteiger partial charge in [-0.15, -0.1) is 0 Å². The molecule has 1 fully saturated rings. The lowest BCUT2D eigenvalue weighted by molar-refractivity contribution is 0.0886. The molecule has 182 valence electrons. The van der Waals surface area contributed by atoms with Gasteiger partial charge in [0, 0.05) is 30.4 Å². The van der Waals surface area contributed by atoms with Gasteiger partial charge in [-0.1, -0.05) is 11.6 Å². The molecule has 0 unspecified atom stereocenters. The van der Waals surface area contributed by atoms with E-state index in [0.29, 0.717) is 46.2 Å². The molecule has 10 nitrogen and oxygen atoms in total. The Morgan fingerprint density at radius 3 is 2.69 bits per heavy atom. The van der Waals surface area contributed by atoms with Crippen LogP contribution in [-0.4, -0.2) is 56.2 Å². The van der Waals surface area contributed by atoms with Gasteiger partial charge in [0.05, 0.1) is 53.7 Å². The van der Waals surface area contributed by atoms with E-state index in [4.69, 9.17) is 16.3 Å².